The highest BCUT2D eigenvalue weighted by molar-refractivity contribution is 6.05. The van der Waals surface area contributed by atoms with Crippen molar-refractivity contribution in [3.63, 3.8) is 0 Å². The lowest BCUT2D eigenvalue weighted by Crippen LogP contribution is -2.53. The highest BCUT2D eigenvalue weighted by Gasteiger charge is 2.31. The number of nitrogens with zero attached hydrogens (tertiary/aromatic N) is 4. The number of aromatic nitrogens is 1. The van der Waals surface area contributed by atoms with E-state index in [1.165, 1.54) is 18.0 Å². The molecule has 1 aromatic heterocycles. The smallest absolute Gasteiger partial charge is 0.226 e. The first kappa shape index (κ1) is 17.5. The second-order valence-corrected chi connectivity index (χ2v) is 5.00. The number of hydrogen-bond acceptors (Lipinski definition) is 4. The summed E-state index contributed by atoms with van der Waals surface area (Å²) in [4.78, 5) is 18.0. The van der Waals surface area contributed by atoms with Gasteiger partial charge in [0.25, 0.3) is 0 Å². The molecule has 0 aliphatic heterocycles. The van der Waals surface area contributed by atoms with E-state index < -0.39 is 5.54 Å². The number of nitriles is 1. The number of anilines is 1. The topological polar surface area (TPSA) is 116 Å². The van der Waals surface area contributed by atoms with Crippen LogP contribution in [0.2, 0.25) is 0 Å². The van der Waals surface area contributed by atoms with Crippen LogP contribution >= 0.6 is 0 Å². The highest BCUT2D eigenvalue weighted by Crippen LogP contribution is 2.19. The van der Waals surface area contributed by atoms with Crippen molar-refractivity contribution in [1.82, 2.24) is 9.88 Å². The van der Waals surface area contributed by atoms with Crippen molar-refractivity contribution < 1.29 is 10.3 Å². The number of pyridine rings is 1. The Morgan fingerprint density at radius 2 is 2.05 bits per heavy atom. The maximum Gasteiger partial charge on any atom is 0.226 e. The van der Waals surface area contributed by atoms with Gasteiger partial charge in [-0.1, -0.05) is 0 Å². The average Bonchev–Trinajstić information content (AvgIpc) is 2.28. The third kappa shape index (κ3) is 3.76. The summed E-state index contributed by atoms with van der Waals surface area (Å²) >= 11 is 0. The Labute approximate surface area is 118 Å². The van der Waals surface area contributed by atoms with Gasteiger partial charge in [-0.05, 0) is 32.9 Å². The molecule has 0 aromatic carbocycles. The van der Waals surface area contributed by atoms with E-state index in [1.54, 1.807) is 18.3 Å². The predicted molar refractivity (Wildman–Crippen MR) is 75.9 cm³/mol. The molecule has 0 aliphatic rings. The number of guanidine groups is 1. The Bertz CT molecular complexity index is 516. The summed E-state index contributed by atoms with van der Waals surface area (Å²) in [5.41, 5.74) is -0.134. The molecular weight excluding hydrogens is 258 g/mol. The molecule has 0 fully saturated rings. The zero-order valence-corrected chi connectivity index (χ0v) is 12.0. The Morgan fingerprint density at radius 1 is 1.45 bits per heavy atom. The molecule has 7 nitrogen and oxygen atoms in total. The van der Waals surface area contributed by atoms with Gasteiger partial charge >= 0.3 is 0 Å². The van der Waals surface area contributed by atoms with Crippen LogP contribution in [-0.4, -0.2) is 32.8 Å². The Balaban J connectivity index is 0.00000361. The van der Waals surface area contributed by atoms with E-state index in [1.807, 2.05) is 27.0 Å². The Kier molecular flexibility index (Phi) is 5.82. The Morgan fingerprint density at radius 3 is 2.40 bits per heavy atom. The molecule has 0 saturated heterocycles. The summed E-state index contributed by atoms with van der Waals surface area (Å²) < 4.78 is 0. The number of carbonyl (C=O) groups excluding carboxylic acids is 1. The largest absolute Gasteiger partial charge is 0.412 e. The monoisotopic (exact) mass is 277 g/mol. The predicted octanol–water partition coefficient (Wildman–Crippen LogP) is 1.13. The lowest BCUT2D eigenvalue weighted by atomic mass is 10.1. The molecule has 3 N–H and O–H groups in total. The molecule has 1 aromatic rings. The molecule has 0 saturated carbocycles. The van der Waals surface area contributed by atoms with E-state index in [0.29, 0.717) is 5.69 Å². The van der Waals surface area contributed by atoms with Crippen LogP contribution in [-0.2, 0) is 4.79 Å². The van der Waals surface area contributed by atoms with E-state index in [-0.39, 0.29) is 17.3 Å². The van der Waals surface area contributed by atoms with Crippen molar-refractivity contribution in [3.05, 3.63) is 24.5 Å². The third-order valence-electron chi connectivity index (χ3n) is 2.41. The molecule has 20 heavy (non-hydrogen) atoms. The summed E-state index contributed by atoms with van der Waals surface area (Å²) in [5, 5.41) is 17.3. The number of rotatable bonds is 1. The zero-order valence-electron chi connectivity index (χ0n) is 12.0. The first-order valence-corrected chi connectivity index (χ1v) is 5.78. The number of carbonyl (C=O) groups is 1. The van der Waals surface area contributed by atoms with Crippen LogP contribution in [0.15, 0.2) is 24.5 Å². The first-order valence-electron chi connectivity index (χ1n) is 5.78. The summed E-state index contributed by atoms with van der Waals surface area (Å²) in [5.74, 6) is -0.475. The molecule has 108 valence electrons. The van der Waals surface area contributed by atoms with E-state index in [0.717, 1.165) is 4.90 Å². The van der Waals surface area contributed by atoms with Gasteiger partial charge in [-0.2, -0.15) is 5.26 Å². The van der Waals surface area contributed by atoms with Gasteiger partial charge < -0.3 is 5.48 Å². The lowest BCUT2D eigenvalue weighted by Gasteiger charge is -2.36. The second-order valence-electron chi connectivity index (χ2n) is 5.00. The minimum atomic E-state index is -0.583. The number of nitrogens with one attached hydrogen (secondary N) is 1. The molecular formula is C13H19N5O2. The molecule has 0 aliphatic carbocycles. The maximum absolute atomic E-state index is 11.7. The fourth-order valence-corrected chi connectivity index (χ4v) is 1.75. The maximum atomic E-state index is 11.7. The van der Waals surface area contributed by atoms with Gasteiger partial charge in [-0.15, -0.1) is 0 Å². The van der Waals surface area contributed by atoms with Gasteiger partial charge in [0, 0.05) is 18.7 Å². The van der Waals surface area contributed by atoms with Crippen molar-refractivity contribution >= 4 is 17.6 Å². The van der Waals surface area contributed by atoms with Gasteiger partial charge in [-0.3, -0.25) is 20.1 Å². The van der Waals surface area contributed by atoms with Gasteiger partial charge in [0.1, 0.15) is 0 Å². The number of amides is 1. The molecule has 1 rings (SSSR count). The van der Waals surface area contributed by atoms with Gasteiger partial charge in [0.05, 0.1) is 11.9 Å². The van der Waals surface area contributed by atoms with Crippen LogP contribution in [0, 0.1) is 16.9 Å². The molecule has 1 amide bonds. The SMILES string of the molecule is CC(=O)N(C(=N)N(C#N)c1cccnc1)C(C)(C)C.O. The van der Waals surface area contributed by atoms with Crippen LogP contribution < -0.4 is 4.90 Å². The third-order valence-corrected chi connectivity index (χ3v) is 2.41. The standard InChI is InChI=1S/C13H17N5O.H2O/c1-10(19)18(13(2,3)4)12(15)17(9-14)11-6-5-7-16-8-11;/h5-8,15H,1-4H3;1H2. The van der Waals surface area contributed by atoms with Crippen molar-refractivity contribution in [2.75, 3.05) is 4.90 Å². The van der Waals surface area contributed by atoms with Crippen LogP contribution in [0.5, 0.6) is 0 Å². The van der Waals surface area contributed by atoms with E-state index >= 15 is 0 Å². The van der Waals surface area contributed by atoms with Crippen molar-refractivity contribution in [2.45, 2.75) is 33.2 Å². The van der Waals surface area contributed by atoms with Crippen molar-refractivity contribution in [3.8, 4) is 6.19 Å². The quantitative estimate of drug-likeness (QED) is 0.358. The van der Waals surface area contributed by atoms with E-state index in [9.17, 15) is 10.1 Å². The van der Waals surface area contributed by atoms with Gasteiger partial charge in [0.15, 0.2) is 6.19 Å². The lowest BCUT2D eigenvalue weighted by molar-refractivity contribution is -0.128. The van der Waals surface area contributed by atoms with E-state index in [4.69, 9.17) is 5.41 Å². The summed E-state index contributed by atoms with van der Waals surface area (Å²) in [6.45, 7) is 6.80. The fraction of sp³-hybridized carbons (Fsp3) is 0.385. The van der Waals surface area contributed by atoms with Gasteiger partial charge in [0.2, 0.25) is 11.9 Å². The molecule has 0 unspecified atom stereocenters. The van der Waals surface area contributed by atoms with Crippen LogP contribution in [0.25, 0.3) is 0 Å². The van der Waals surface area contributed by atoms with E-state index in [2.05, 4.69) is 4.98 Å². The number of hydrogen-bond donors (Lipinski definition) is 1. The Hall–Kier alpha value is -2.46. The zero-order chi connectivity index (χ0) is 14.6. The highest BCUT2D eigenvalue weighted by atomic mass is 16.2. The van der Waals surface area contributed by atoms with Crippen molar-refractivity contribution in [1.29, 1.82) is 10.7 Å². The molecule has 0 spiro atoms. The fourth-order valence-electron chi connectivity index (χ4n) is 1.75. The molecule has 0 atom stereocenters. The summed E-state index contributed by atoms with van der Waals surface area (Å²) in [7, 11) is 0. The molecule has 0 radical (unpaired) electrons. The summed E-state index contributed by atoms with van der Waals surface area (Å²) in [6.07, 6.45) is 4.95. The second kappa shape index (κ2) is 6.63. The molecule has 0 bridgehead atoms. The van der Waals surface area contributed by atoms with Crippen LogP contribution in [0.4, 0.5) is 5.69 Å². The normalized spacial score (nSPS) is 9.95. The van der Waals surface area contributed by atoms with Crippen LogP contribution in [0.3, 0.4) is 0 Å². The average molecular weight is 277 g/mol. The van der Waals surface area contributed by atoms with Crippen molar-refractivity contribution in [2.24, 2.45) is 0 Å². The summed E-state index contributed by atoms with van der Waals surface area (Å²) in [6, 6.07) is 3.33. The minimum absolute atomic E-state index is 0. The molecule has 1 heterocycles. The first-order chi connectivity index (χ1) is 8.79. The van der Waals surface area contributed by atoms with Crippen LogP contribution in [0.1, 0.15) is 27.7 Å². The van der Waals surface area contributed by atoms with Gasteiger partial charge in [-0.25, -0.2) is 4.90 Å². The molecule has 7 heteroatoms. The minimum Gasteiger partial charge on any atom is -0.412 e.